The lowest BCUT2D eigenvalue weighted by Gasteiger charge is -2.10. The van der Waals surface area contributed by atoms with Crippen molar-refractivity contribution in [3.8, 4) is 17.9 Å². The standard InChI is InChI=1S/C16H13N3OS/c17-10-13(11-18)12-19-15-5-1-2-6-16(15)20-8-7-14-4-3-9-21-14/h1-6,9,12,19H,7-8H2. The maximum atomic E-state index is 8.71. The van der Waals surface area contributed by atoms with Crippen LogP contribution in [0.15, 0.2) is 53.6 Å². The molecule has 1 aromatic carbocycles. The summed E-state index contributed by atoms with van der Waals surface area (Å²) in [6, 6.07) is 15.1. The van der Waals surface area contributed by atoms with E-state index in [1.165, 1.54) is 11.1 Å². The number of nitriles is 2. The van der Waals surface area contributed by atoms with Gasteiger partial charge < -0.3 is 10.1 Å². The summed E-state index contributed by atoms with van der Waals surface area (Å²) in [6.45, 7) is 0.576. The van der Waals surface area contributed by atoms with Gasteiger partial charge in [0.2, 0.25) is 0 Å². The molecule has 0 atom stereocenters. The highest BCUT2D eigenvalue weighted by Gasteiger charge is 2.02. The van der Waals surface area contributed by atoms with Crippen molar-refractivity contribution in [1.29, 1.82) is 10.5 Å². The first-order valence-corrected chi connectivity index (χ1v) is 7.22. The van der Waals surface area contributed by atoms with Crippen molar-refractivity contribution in [2.75, 3.05) is 11.9 Å². The van der Waals surface area contributed by atoms with Crippen LogP contribution in [-0.2, 0) is 6.42 Å². The highest BCUT2D eigenvalue weighted by Crippen LogP contribution is 2.24. The number of nitrogens with zero attached hydrogens (tertiary/aromatic N) is 2. The summed E-state index contributed by atoms with van der Waals surface area (Å²) < 4.78 is 5.76. The summed E-state index contributed by atoms with van der Waals surface area (Å²) in [6.07, 6.45) is 2.23. The smallest absolute Gasteiger partial charge is 0.145 e. The molecule has 21 heavy (non-hydrogen) atoms. The monoisotopic (exact) mass is 295 g/mol. The Hall–Kier alpha value is -2.76. The van der Waals surface area contributed by atoms with Crippen molar-refractivity contribution >= 4 is 17.0 Å². The van der Waals surface area contributed by atoms with Crippen molar-refractivity contribution in [3.05, 3.63) is 58.4 Å². The van der Waals surface area contributed by atoms with Gasteiger partial charge in [-0.15, -0.1) is 11.3 Å². The summed E-state index contributed by atoms with van der Waals surface area (Å²) in [5.74, 6) is 0.695. The van der Waals surface area contributed by atoms with Crippen LogP contribution in [0.25, 0.3) is 0 Å². The van der Waals surface area contributed by atoms with Crippen molar-refractivity contribution < 1.29 is 4.74 Å². The van der Waals surface area contributed by atoms with E-state index in [9.17, 15) is 0 Å². The normalized spacial score (nSPS) is 9.24. The van der Waals surface area contributed by atoms with Crippen LogP contribution in [-0.4, -0.2) is 6.61 Å². The van der Waals surface area contributed by atoms with E-state index in [-0.39, 0.29) is 5.57 Å². The number of hydrogen-bond donors (Lipinski definition) is 1. The van der Waals surface area contributed by atoms with Crippen LogP contribution in [0.4, 0.5) is 5.69 Å². The van der Waals surface area contributed by atoms with Gasteiger partial charge in [0.15, 0.2) is 0 Å². The summed E-state index contributed by atoms with van der Waals surface area (Å²) in [5.41, 5.74) is 0.745. The van der Waals surface area contributed by atoms with E-state index in [1.807, 2.05) is 35.7 Å². The molecule has 1 N–H and O–H groups in total. The van der Waals surface area contributed by atoms with Gasteiger partial charge in [-0.2, -0.15) is 10.5 Å². The first-order valence-electron chi connectivity index (χ1n) is 6.34. The average molecular weight is 295 g/mol. The van der Waals surface area contributed by atoms with Gasteiger partial charge in [0.25, 0.3) is 0 Å². The van der Waals surface area contributed by atoms with Crippen LogP contribution in [0, 0.1) is 22.7 Å². The van der Waals surface area contributed by atoms with Gasteiger partial charge in [-0.1, -0.05) is 18.2 Å². The molecular formula is C16H13N3OS. The number of benzene rings is 1. The summed E-state index contributed by atoms with van der Waals surface area (Å²) in [4.78, 5) is 1.27. The molecule has 0 amide bonds. The van der Waals surface area contributed by atoms with Crippen LogP contribution in [0.1, 0.15) is 4.88 Å². The third kappa shape index (κ3) is 4.38. The van der Waals surface area contributed by atoms with Crippen LogP contribution in [0.2, 0.25) is 0 Å². The maximum absolute atomic E-state index is 8.71. The minimum Gasteiger partial charge on any atom is -0.491 e. The number of rotatable bonds is 6. The van der Waals surface area contributed by atoms with E-state index in [4.69, 9.17) is 15.3 Å². The summed E-state index contributed by atoms with van der Waals surface area (Å²) in [7, 11) is 0. The zero-order valence-corrected chi connectivity index (χ0v) is 12.1. The van der Waals surface area contributed by atoms with Crippen molar-refractivity contribution in [2.45, 2.75) is 6.42 Å². The second-order valence-corrected chi connectivity index (χ2v) is 5.13. The lowest BCUT2D eigenvalue weighted by atomic mass is 10.3. The van der Waals surface area contributed by atoms with Gasteiger partial charge in [0.05, 0.1) is 12.3 Å². The predicted octanol–water partition coefficient (Wildman–Crippen LogP) is 3.71. The highest BCUT2D eigenvalue weighted by atomic mass is 32.1. The molecule has 0 saturated carbocycles. The van der Waals surface area contributed by atoms with E-state index in [1.54, 1.807) is 23.5 Å². The SMILES string of the molecule is N#CC(C#N)=CNc1ccccc1OCCc1cccs1. The van der Waals surface area contributed by atoms with Gasteiger partial charge in [-0.25, -0.2) is 0 Å². The molecule has 0 saturated heterocycles. The molecule has 5 heteroatoms. The van der Waals surface area contributed by atoms with Crippen molar-refractivity contribution in [2.24, 2.45) is 0 Å². The molecular weight excluding hydrogens is 282 g/mol. The zero-order chi connectivity index (χ0) is 14.9. The Morgan fingerprint density at radius 1 is 1.19 bits per heavy atom. The van der Waals surface area contributed by atoms with E-state index in [0.29, 0.717) is 12.4 Å². The van der Waals surface area contributed by atoms with Gasteiger partial charge in [-0.3, -0.25) is 0 Å². The second kappa shape index (κ2) is 7.74. The topological polar surface area (TPSA) is 68.8 Å². The fourth-order valence-corrected chi connectivity index (χ4v) is 2.36. The molecule has 4 nitrogen and oxygen atoms in total. The number of thiophene rings is 1. The second-order valence-electron chi connectivity index (χ2n) is 4.10. The molecule has 0 aliphatic rings. The largest absolute Gasteiger partial charge is 0.491 e. The minimum absolute atomic E-state index is 0.0170. The first kappa shape index (κ1) is 14.6. The molecule has 2 aromatic rings. The quantitative estimate of drug-likeness (QED) is 0.825. The third-order valence-electron chi connectivity index (χ3n) is 2.69. The minimum atomic E-state index is 0.0170. The van der Waals surface area contributed by atoms with Crippen LogP contribution in [0.3, 0.4) is 0 Å². The number of allylic oxidation sites excluding steroid dienone is 1. The molecule has 0 unspecified atom stereocenters. The van der Waals surface area contributed by atoms with Crippen LogP contribution < -0.4 is 10.1 Å². The molecule has 1 aromatic heterocycles. The Kier molecular flexibility index (Phi) is 5.40. The Bertz CT molecular complexity index is 677. The lowest BCUT2D eigenvalue weighted by molar-refractivity contribution is 0.324. The molecule has 0 aliphatic carbocycles. The highest BCUT2D eigenvalue weighted by molar-refractivity contribution is 7.09. The molecule has 1 heterocycles. The first-order chi connectivity index (χ1) is 10.3. The predicted molar refractivity (Wildman–Crippen MR) is 82.9 cm³/mol. The zero-order valence-electron chi connectivity index (χ0n) is 11.2. The molecule has 0 aliphatic heterocycles. The fourth-order valence-electron chi connectivity index (χ4n) is 1.67. The third-order valence-corrected chi connectivity index (χ3v) is 3.62. The Morgan fingerprint density at radius 3 is 2.71 bits per heavy atom. The van der Waals surface area contributed by atoms with Crippen LogP contribution >= 0.6 is 11.3 Å². The summed E-state index contributed by atoms with van der Waals surface area (Å²) >= 11 is 1.71. The van der Waals surface area contributed by atoms with Crippen molar-refractivity contribution in [1.82, 2.24) is 0 Å². The average Bonchev–Trinajstić information content (AvgIpc) is 3.03. The fraction of sp³-hybridized carbons (Fsp3) is 0.125. The number of nitrogens with one attached hydrogen (secondary N) is 1. The van der Waals surface area contributed by atoms with Gasteiger partial charge >= 0.3 is 0 Å². The van der Waals surface area contributed by atoms with Crippen LogP contribution in [0.5, 0.6) is 5.75 Å². The maximum Gasteiger partial charge on any atom is 0.145 e. The molecule has 2 rings (SSSR count). The van der Waals surface area contributed by atoms with Gasteiger partial charge in [0, 0.05) is 17.5 Å². The Balaban J connectivity index is 1.98. The van der Waals surface area contributed by atoms with Gasteiger partial charge in [-0.05, 0) is 23.6 Å². The van der Waals surface area contributed by atoms with Crippen molar-refractivity contribution in [3.63, 3.8) is 0 Å². The molecule has 0 fully saturated rings. The van der Waals surface area contributed by atoms with E-state index in [2.05, 4.69) is 11.4 Å². The van der Waals surface area contributed by atoms with E-state index >= 15 is 0 Å². The molecule has 0 bridgehead atoms. The molecule has 104 valence electrons. The molecule has 0 radical (unpaired) electrons. The number of para-hydroxylation sites is 2. The van der Waals surface area contributed by atoms with Gasteiger partial charge in [0.1, 0.15) is 23.5 Å². The summed E-state index contributed by atoms with van der Waals surface area (Å²) in [5, 5.41) is 22.4. The lowest BCUT2D eigenvalue weighted by Crippen LogP contribution is -2.02. The number of anilines is 1. The number of hydrogen-bond acceptors (Lipinski definition) is 5. The Morgan fingerprint density at radius 2 is 2.00 bits per heavy atom. The van der Waals surface area contributed by atoms with E-state index in [0.717, 1.165) is 12.1 Å². The number of ether oxygens (including phenoxy) is 1. The Labute approximate surface area is 127 Å². The van der Waals surface area contributed by atoms with E-state index < -0.39 is 0 Å². The molecule has 0 spiro atoms.